The van der Waals surface area contributed by atoms with Gasteiger partial charge in [-0.25, -0.2) is 15.0 Å². The molecule has 0 saturated carbocycles. The Morgan fingerprint density at radius 2 is 0.950 bits per heavy atom. The molecule has 3 heterocycles. The largest absolute Gasteiger partial charge is 0.248 e. The van der Waals surface area contributed by atoms with E-state index in [0.717, 1.165) is 50.1 Å². The summed E-state index contributed by atoms with van der Waals surface area (Å²) in [6, 6.07) is 35.6. The van der Waals surface area contributed by atoms with Crippen molar-refractivity contribution in [2.75, 3.05) is 0 Å². The fourth-order valence-corrected chi connectivity index (χ4v) is 5.39. The van der Waals surface area contributed by atoms with Gasteiger partial charge in [-0.2, -0.15) is 0 Å². The Bertz CT molecular complexity index is 2090. The smallest absolute Gasteiger partial charge is 0.138 e. The van der Waals surface area contributed by atoms with E-state index in [-0.39, 0.29) is 0 Å². The second-order valence-corrected chi connectivity index (χ2v) is 9.65. The molecule has 8 rings (SSSR count). The summed E-state index contributed by atoms with van der Waals surface area (Å²) in [5.41, 5.74) is 8.85. The Morgan fingerprint density at radius 1 is 0.425 bits per heavy atom. The number of hydrogen-bond acceptors (Lipinski definition) is 7. The number of nitrogens with zero attached hydrogens (tertiary/aromatic N) is 7. The average molecular weight is 514 g/mol. The van der Waals surface area contributed by atoms with Crippen LogP contribution in [0.25, 0.3) is 77.3 Å². The van der Waals surface area contributed by atoms with E-state index in [9.17, 15) is 0 Å². The van der Waals surface area contributed by atoms with Gasteiger partial charge in [-0.1, -0.05) is 60.7 Å². The SMILES string of the molecule is c1ccc2c(-c3cc(-c4ccc5nncnc5c4)nc(-c4ccc5nncnc5c4)c3)c3ccccc3cc2c1. The summed E-state index contributed by atoms with van der Waals surface area (Å²) in [7, 11) is 0. The van der Waals surface area contributed by atoms with Crippen LogP contribution in [0.3, 0.4) is 0 Å². The maximum atomic E-state index is 5.15. The van der Waals surface area contributed by atoms with Crippen LogP contribution in [-0.4, -0.2) is 35.3 Å². The van der Waals surface area contributed by atoms with Crippen molar-refractivity contribution in [1.82, 2.24) is 35.3 Å². The lowest BCUT2D eigenvalue weighted by atomic mass is 9.91. The van der Waals surface area contributed by atoms with Crippen molar-refractivity contribution in [2.24, 2.45) is 0 Å². The van der Waals surface area contributed by atoms with Crippen LogP contribution in [0, 0.1) is 0 Å². The van der Waals surface area contributed by atoms with Crippen LogP contribution < -0.4 is 0 Å². The van der Waals surface area contributed by atoms with Gasteiger partial charge in [-0.3, -0.25) is 0 Å². The number of fused-ring (bicyclic) bond motifs is 4. The molecule has 0 bridgehead atoms. The summed E-state index contributed by atoms with van der Waals surface area (Å²) >= 11 is 0. The van der Waals surface area contributed by atoms with E-state index in [4.69, 9.17) is 4.98 Å². The molecule has 186 valence electrons. The average Bonchev–Trinajstić information content (AvgIpc) is 3.03. The van der Waals surface area contributed by atoms with Crippen LogP contribution in [0.4, 0.5) is 0 Å². The fourth-order valence-electron chi connectivity index (χ4n) is 5.39. The molecule has 0 radical (unpaired) electrons. The lowest BCUT2D eigenvalue weighted by molar-refractivity contribution is 1.02. The zero-order valence-electron chi connectivity index (χ0n) is 21.1. The molecular formula is C33H19N7. The summed E-state index contributed by atoms with van der Waals surface area (Å²) in [6.45, 7) is 0. The molecule has 3 aromatic heterocycles. The fraction of sp³-hybridized carbons (Fsp3) is 0. The first kappa shape index (κ1) is 22.3. The lowest BCUT2D eigenvalue weighted by Gasteiger charge is -2.15. The Hall–Kier alpha value is -5.69. The van der Waals surface area contributed by atoms with Gasteiger partial charge in [0.25, 0.3) is 0 Å². The topological polar surface area (TPSA) is 90.2 Å². The molecule has 0 N–H and O–H groups in total. The highest BCUT2D eigenvalue weighted by Gasteiger charge is 2.15. The number of pyridine rings is 1. The number of aromatic nitrogens is 7. The van der Waals surface area contributed by atoms with E-state index in [1.165, 1.54) is 39.8 Å². The first-order valence-corrected chi connectivity index (χ1v) is 12.9. The van der Waals surface area contributed by atoms with Crippen molar-refractivity contribution < 1.29 is 0 Å². The molecule has 0 atom stereocenters. The monoisotopic (exact) mass is 513 g/mol. The van der Waals surface area contributed by atoms with Crippen molar-refractivity contribution in [1.29, 1.82) is 0 Å². The molecule has 0 aliphatic rings. The minimum atomic E-state index is 0.740. The van der Waals surface area contributed by atoms with Crippen molar-refractivity contribution in [3.05, 3.63) is 116 Å². The van der Waals surface area contributed by atoms with Crippen LogP contribution in [0.5, 0.6) is 0 Å². The molecule has 40 heavy (non-hydrogen) atoms. The number of rotatable bonds is 3. The molecule has 8 aromatic rings. The predicted octanol–water partition coefficient (Wildman–Crippen LogP) is 7.07. The number of hydrogen-bond donors (Lipinski definition) is 0. The van der Waals surface area contributed by atoms with Gasteiger partial charge in [0.1, 0.15) is 23.7 Å². The zero-order chi connectivity index (χ0) is 26.5. The van der Waals surface area contributed by atoms with Gasteiger partial charge in [-0.15, -0.1) is 20.4 Å². The highest BCUT2D eigenvalue weighted by atomic mass is 15.1. The molecule has 7 heteroatoms. The second-order valence-electron chi connectivity index (χ2n) is 9.65. The van der Waals surface area contributed by atoms with Gasteiger partial charge in [0.15, 0.2) is 0 Å². The molecule has 0 spiro atoms. The Balaban J connectivity index is 1.44. The van der Waals surface area contributed by atoms with E-state index < -0.39 is 0 Å². The lowest BCUT2D eigenvalue weighted by Crippen LogP contribution is -1.94. The molecule has 0 aliphatic carbocycles. The number of benzene rings is 5. The van der Waals surface area contributed by atoms with E-state index in [2.05, 4.69) is 97.1 Å². The zero-order valence-corrected chi connectivity index (χ0v) is 21.1. The quantitative estimate of drug-likeness (QED) is 0.233. The van der Waals surface area contributed by atoms with E-state index in [0.29, 0.717) is 0 Å². The standard InChI is InChI=1S/C33H19N7/c1-3-7-25-20(5-1)13-21-6-2-4-8-26(21)33(25)24-16-29(22-9-11-27-31(14-22)34-18-36-39-27)38-30(17-24)23-10-12-28-32(15-23)35-19-37-40-28/h1-19H. The van der Waals surface area contributed by atoms with Crippen LogP contribution >= 0.6 is 0 Å². The van der Waals surface area contributed by atoms with Crippen molar-refractivity contribution in [3.63, 3.8) is 0 Å². The van der Waals surface area contributed by atoms with Crippen LogP contribution in [0.1, 0.15) is 0 Å². The summed E-state index contributed by atoms with van der Waals surface area (Å²) in [6.07, 6.45) is 2.93. The first-order chi connectivity index (χ1) is 19.8. The third kappa shape index (κ3) is 3.72. The highest BCUT2D eigenvalue weighted by Crippen LogP contribution is 2.39. The molecule has 0 unspecified atom stereocenters. The van der Waals surface area contributed by atoms with Crippen LogP contribution in [0.15, 0.2) is 116 Å². The van der Waals surface area contributed by atoms with Crippen LogP contribution in [-0.2, 0) is 0 Å². The van der Waals surface area contributed by atoms with Gasteiger partial charge >= 0.3 is 0 Å². The van der Waals surface area contributed by atoms with Gasteiger partial charge < -0.3 is 0 Å². The maximum Gasteiger partial charge on any atom is 0.138 e. The minimum absolute atomic E-state index is 0.740. The van der Waals surface area contributed by atoms with Crippen molar-refractivity contribution in [3.8, 4) is 33.6 Å². The molecular weight excluding hydrogens is 494 g/mol. The third-order valence-electron chi connectivity index (χ3n) is 7.26. The first-order valence-electron chi connectivity index (χ1n) is 12.9. The summed E-state index contributed by atoms with van der Waals surface area (Å²) < 4.78 is 0. The van der Waals surface area contributed by atoms with Gasteiger partial charge in [0.05, 0.1) is 22.4 Å². The summed E-state index contributed by atoms with van der Waals surface area (Å²) in [4.78, 5) is 14.0. The Labute approximate surface area is 228 Å². The van der Waals surface area contributed by atoms with Crippen molar-refractivity contribution >= 4 is 43.6 Å². The normalized spacial score (nSPS) is 11.5. The van der Waals surface area contributed by atoms with E-state index in [1.54, 1.807) is 0 Å². The van der Waals surface area contributed by atoms with E-state index in [1.807, 2.05) is 36.4 Å². The molecule has 0 fully saturated rings. The molecule has 0 saturated heterocycles. The predicted molar refractivity (Wildman–Crippen MR) is 157 cm³/mol. The molecule has 0 aliphatic heterocycles. The minimum Gasteiger partial charge on any atom is -0.248 e. The molecule has 0 amide bonds. The van der Waals surface area contributed by atoms with E-state index >= 15 is 0 Å². The maximum absolute atomic E-state index is 5.15. The molecule has 5 aromatic carbocycles. The van der Waals surface area contributed by atoms with Gasteiger partial charge in [0, 0.05) is 11.1 Å². The van der Waals surface area contributed by atoms with Gasteiger partial charge in [-0.05, 0) is 75.1 Å². The highest BCUT2D eigenvalue weighted by molar-refractivity contribution is 6.13. The Morgan fingerprint density at radius 3 is 1.50 bits per heavy atom. The molecule has 7 nitrogen and oxygen atoms in total. The van der Waals surface area contributed by atoms with Gasteiger partial charge in [0.2, 0.25) is 0 Å². The summed E-state index contributed by atoms with van der Waals surface area (Å²) in [5, 5.41) is 21.0. The summed E-state index contributed by atoms with van der Waals surface area (Å²) in [5.74, 6) is 0. The van der Waals surface area contributed by atoms with Crippen LogP contribution in [0.2, 0.25) is 0 Å². The third-order valence-corrected chi connectivity index (χ3v) is 7.26. The second kappa shape index (κ2) is 8.96. The Kier molecular flexibility index (Phi) is 4.99. The van der Waals surface area contributed by atoms with Crippen molar-refractivity contribution in [2.45, 2.75) is 0 Å².